The smallest absolute Gasteiger partial charge is 0.352 e. The van der Waals surface area contributed by atoms with Gasteiger partial charge in [0.05, 0.1) is 0 Å². The van der Waals surface area contributed by atoms with Crippen LogP contribution in [0.1, 0.15) is 11.4 Å². The number of nitrogens with zero attached hydrogens (tertiary/aromatic N) is 4. The van der Waals surface area contributed by atoms with Crippen molar-refractivity contribution in [3.05, 3.63) is 33.4 Å². The van der Waals surface area contributed by atoms with E-state index < -0.39 is 29.2 Å². The van der Waals surface area contributed by atoms with Crippen molar-refractivity contribution in [1.82, 2.24) is 20.2 Å². The molecule has 15 heteroatoms. The molecule has 2 aliphatic heterocycles. The van der Waals surface area contributed by atoms with Crippen LogP contribution in [0.2, 0.25) is 0 Å². The predicted octanol–water partition coefficient (Wildman–Crippen LogP) is 1.37. The zero-order chi connectivity index (χ0) is 23.7. The molecule has 0 saturated carbocycles. The van der Waals surface area contributed by atoms with E-state index in [9.17, 15) is 19.5 Å². The van der Waals surface area contributed by atoms with Crippen molar-refractivity contribution < 1.29 is 24.3 Å². The predicted molar refractivity (Wildman–Crippen MR) is 127 cm³/mol. The summed E-state index contributed by atoms with van der Waals surface area (Å²) in [5, 5.41) is 19.3. The minimum Gasteiger partial charge on any atom is -0.477 e. The molecule has 11 nitrogen and oxygen atoms in total. The number of carboxylic acid groups (broad SMARTS) is 1. The van der Waals surface area contributed by atoms with E-state index in [1.165, 1.54) is 46.9 Å². The van der Waals surface area contributed by atoms with Crippen LogP contribution in [0.3, 0.4) is 0 Å². The standard InChI is InChI=1S/C18H18N6O5S4/c1-7-3-32-18(20-7)33-5-8-4-30-15-11(14(26)24(15)12(8)16(27)28)22-13(25)10(23-29-2)9-6-31-17(19)21-9/h3,6,11,15H,4-5H2,1-2H3,(H2,19,21)(H,22,25)(H,27,28)/b23-10+/t11-,15-/m1/s1. The van der Waals surface area contributed by atoms with Crippen LogP contribution in [0.4, 0.5) is 5.13 Å². The highest BCUT2D eigenvalue weighted by Crippen LogP contribution is 2.41. The molecule has 1 saturated heterocycles. The first kappa shape index (κ1) is 23.5. The Morgan fingerprint density at radius 3 is 2.79 bits per heavy atom. The van der Waals surface area contributed by atoms with Crippen molar-refractivity contribution in [2.75, 3.05) is 24.3 Å². The number of fused-ring (bicyclic) bond motifs is 1. The van der Waals surface area contributed by atoms with Crippen LogP contribution < -0.4 is 11.1 Å². The van der Waals surface area contributed by atoms with Crippen LogP contribution >= 0.6 is 46.2 Å². The Labute approximate surface area is 204 Å². The average Bonchev–Trinajstić information content (AvgIpc) is 3.40. The van der Waals surface area contributed by atoms with Gasteiger partial charge in [-0.2, -0.15) is 0 Å². The Bertz CT molecular complexity index is 1170. The van der Waals surface area contributed by atoms with Gasteiger partial charge in [0.1, 0.15) is 34.3 Å². The minimum atomic E-state index is -1.18. The van der Waals surface area contributed by atoms with Crippen LogP contribution in [0, 0.1) is 6.92 Å². The number of aryl methyl sites for hydroxylation is 1. The van der Waals surface area contributed by atoms with E-state index in [4.69, 9.17) is 10.6 Å². The van der Waals surface area contributed by atoms with Gasteiger partial charge >= 0.3 is 5.97 Å². The van der Waals surface area contributed by atoms with Crippen molar-refractivity contribution in [3.63, 3.8) is 0 Å². The van der Waals surface area contributed by atoms with Crippen molar-refractivity contribution in [2.24, 2.45) is 5.16 Å². The average molecular weight is 527 g/mol. The molecule has 2 aromatic heterocycles. The van der Waals surface area contributed by atoms with Gasteiger partial charge in [-0.15, -0.1) is 34.4 Å². The highest BCUT2D eigenvalue weighted by Gasteiger charge is 2.54. The lowest BCUT2D eigenvalue weighted by atomic mass is 10.0. The second kappa shape index (κ2) is 9.70. The quantitative estimate of drug-likeness (QED) is 0.198. The van der Waals surface area contributed by atoms with Gasteiger partial charge in [0.2, 0.25) is 0 Å². The molecule has 2 aromatic rings. The number of thiazole rings is 2. The third-order valence-corrected chi connectivity index (χ3v) is 8.91. The van der Waals surface area contributed by atoms with Gasteiger partial charge in [-0.25, -0.2) is 14.8 Å². The van der Waals surface area contributed by atoms with E-state index in [1.54, 1.807) is 5.38 Å². The number of anilines is 1. The monoisotopic (exact) mass is 526 g/mol. The lowest BCUT2D eigenvalue weighted by molar-refractivity contribution is -0.150. The summed E-state index contributed by atoms with van der Waals surface area (Å²) in [5.41, 5.74) is 7.24. The molecule has 0 unspecified atom stereocenters. The molecule has 0 aliphatic carbocycles. The number of nitrogens with one attached hydrogen (secondary N) is 1. The van der Waals surface area contributed by atoms with Crippen molar-refractivity contribution in [1.29, 1.82) is 0 Å². The maximum Gasteiger partial charge on any atom is 0.352 e. The third kappa shape index (κ3) is 4.71. The molecular formula is C18H18N6O5S4. The van der Waals surface area contributed by atoms with E-state index in [-0.39, 0.29) is 22.2 Å². The fourth-order valence-corrected chi connectivity index (χ4v) is 7.13. The molecule has 4 heterocycles. The number of hydrogen-bond donors (Lipinski definition) is 3. The summed E-state index contributed by atoms with van der Waals surface area (Å²) < 4.78 is 0.838. The van der Waals surface area contributed by atoms with Crippen molar-refractivity contribution in [3.8, 4) is 0 Å². The van der Waals surface area contributed by atoms with E-state index in [0.29, 0.717) is 17.1 Å². The first-order valence-electron chi connectivity index (χ1n) is 9.38. The first-order valence-corrected chi connectivity index (χ1v) is 13.2. The van der Waals surface area contributed by atoms with Gasteiger partial charge in [0, 0.05) is 28.0 Å². The number of nitrogen functional groups attached to an aromatic ring is 1. The number of nitrogens with two attached hydrogens (primary N) is 1. The van der Waals surface area contributed by atoms with Crippen molar-refractivity contribution in [2.45, 2.75) is 22.7 Å². The van der Waals surface area contributed by atoms with Gasteiger partial charge in [0.15, 0.2) is 10.8 Å². The molecule has 1 fully saturated rings. The summed E-state index contributed by atoms with van der Waals surface area (Å²) in [6, 6.07) is -0.897. The first-order chi connectivity index (χ1) is 15.8. The normalized spacial score (nSPS) is 20.4. The molecule has 2 aliphatic rings. The van der Waals surface area contributed by atoms with E-state index in [0.717, 1.165) is 21.4 Å². The Morgan fingerprint density at radius 1 is 1.39 bits per heavy atom. The highest BCUT2D eigenvalue weighted by molar-refractivity contribution is 8.01. The number of aromatic nitrogens is 2. The number of carboxylic acids is 1. The van der Waals surface area contributed by atoms with Gasteiger partial charge in [0.25, 0.3) is 11.8 Å². The Balaban J connectivity index is 1.49. The second-order valence-corrected chi connectivity index (χ2v) is 10.9. The Kier molecular flexibility index (Phi) is 6.92. The third-order valence-electron chi connectivity index (χ3n) is 4.67. The van der Waals surface area contributed by atoms with E-state index >= 15 is 0 Å². The molecule has 0 radical (unpaired) electrons. The minimum absolute atomic E-state index is 0.0342. The largest absolute Gasteiger partial charge is 0.477 e. The van der Waals surface area contributed by atoms with E-state index in [2.05, 4.69) is 20.4 Å². The fourth-order valence-electron chi connectivity index (χ4n) is 3.24. The second-order valence-electron chi connectivity index (χ2n) is 6.86. The zero-order valence-electron chi connectivity index (χ0n) is 17.3. The number of oxime groups is 1. The summed E-state index contributed by atoms with van der Waals surface area (Å²) in [4.78, 5) is 52.0. The zero-order valence-corrected chi connectivity index (χ0v) is 20.6. The highest BCUT2D eigenvalue weighted by atomic mass is 32.2. The number of carbonyl (C=O) groups excluding carboxylic acids is 2. The Hall–Kier alpha value is -2.62. The molecule has 2 amide bonds. The lowest BCUT2D eigenvalue weighted by Crippen LogP contribution is -2.71. The van der Waals surface area contributed by atoms with Gasteiger partial charge in [-0.3, -0.25) is 14.5 Å². The summed E-state index contributed by atoms with van der Waals surface area (Å²) >= 11 is 5.46. The maximum atomic E-state index is 12.9. The molecule has 4 N–H and O–H groups in total. The molecule has 4 rings (SSSR count). The van der Waals surface area contributed by atoms with Crippen LogP contribution in [0.5, 0.6) is 0 Å². The molecule has 0 bridgehead atoms. The molecule has 0 aromatic carbocycles. The van der Waals surface area contributed by atoms with Gasteiger partial charge in [-0.05, 0) is 12.5 Å². The van der Waals surface area contributed by atoms with Crippen LogP contribution in [-0.4, -0.2) is 73.5 Å². The summed E-state index contributed by atoms with van der Waals surface area (Å²) in [6.45, 7) is 1.89. The number of aliphatic carboxylic acids is 1. The Morgan fingerprint density at radius 2 is 2.18 bits per heavy atom. The number of hydrogen-bond acceptors (Lipinski definition) is 12. The number of β-lactam (4-membered cyclic amide) rings is 1. The number of rotatable bonds is 8. The molecular weight excluding hydrogens is 509 g/mol. The lowest BCUT2D eigenvalue weighted by Gasteiger charge is -2.49. The maximum absolute atomic E-state index is 12.9. The van der Waals surface area contributed by atoms with Crippen LogP contribution in [0.25, 0.3) is 0 Å². The number of amides is 2. The van der Waals surface area contributed by atoms with Crippen molar-refractivity contribution >= 4 is 74.8 Å². The van der Waals surface area contributed by atoms with Gasteiger partial charge in [-0.1, -0.05) is 16.9 Å². The summed E-state index contributed by atoms with van der Waals surface area (Å²) in [5.74, 6) is -1.52. The number of thioether (sulfide) groups is 2. The van der Waals surface area contributed by atoms with E-state index in [1.807, 2.05) is 12.3 Å². The van der Waals surface area contributed by atoms with Gasteiger partial charge < -0.3 is 21.0 Å². The SMILES string of the molecule is CO/N=C(/C(=O)N[C@@H]1C(=O)N2C(C(=O)O)=C(CSc3nc(C)cs3)CS[C@H]12)c1csc(N)n1. The van der Waals surface area contributed by atoms with Crippen LogP contribution in [0.15, 0.2) is 31.5 Å². The molecule has 0 spiro atoms. The molecule has 2 atom stereocenters. The fraction of sp³-hybridized carbons (Fsp3) is 0.333. The summed E-state index contributed by atoms with van der Waals surface area (Å²) in [7, 11) is 1.28. The molecule has 174 valence electrons. The summed E-state index contributed by atoms with van der Waals surface area (Å²) in [6.07, 6.45) is 0. The molecule has 33 heavy (non-hydrogen) atoms. The topological polar surface area (TPSA) is 160 Å². The number of carbonyl (C=O) groups is 3. The van der Waals surface area contributed by atoms with Crippen LogP contribution in [-0.2, 0) is 19.2 Å².